The molecule has 4 rings (SSSR count). The summed E-state index contributed by atoms with van der Waals surface area (Å²) in [5.74, 6) is 2.16. The predicted molar refractivity (Wildman–Crippen MR) is 114 cm³/mol. The van der Waals surface area contributed by atoms with Crippen molar-refractivity contribution in [3.05, 3.63) is 42.0 Å². The van der Waals surface area contributed by atoms with Crippen LogP contribution < -0.4 is 0 Å². The quantitative estimate of drug-likeness (QED) is 0.573. The van der Waals surface area contributed by atoms with Gasteiger partial charge >= 0.3 is 0 Å². The van der Waals surface area contributed by atoms with Crippen molar-refractivity contribution in [2.45, 2.75) is 64.0 Å². The highest BCUT2D eigenvalue weighted by Crippen LogP contribution is 2.37. The molecule has 2 fully saturated rings. The van der Waals surface area contributed by atoms with Gasteiger partial charge in [-0.05, 0) is 38.6 Å². The van der Waals surface area contributed by atoms with Crippen LogP contribution in [0.4, 0.5) is 0 Å². The summed E-state index contributed by atoms with van der Waals surface area (Å²) in [6.07, 6.45) is 6.13. The highest BCUT2D eigenvalue weighted by Gasteiger charge is 2.31. The summed E-state index contributed by atoms with van der Waals surface area (Å²) in [6, 6.07) is 10.6. The molecule has 0 bridgehead atoms. The Labute approximate surface area is 174 Å². The summed E-state index contributed by atoms with van der Waals surface area (Å²) < 4.78 is 18.0. The van der Waals surface area contributed by atoms with Crippen molar-refractivity contribution in [1.29, 1.82) is 0 Å². The average Bonchev–Trinajstić information content (AvgIpc) is 3.40. The molecule has 0 saturated carbocycles. The Morgan fingerprint density at radius 3 is 2.76 bits per heavy atom. The van der Waals surface area contributed by atoms with Crippen LogP contribution in [0.5, 0.6) is 0 Å². The molecule has 0 amide bonds. The first-order valence-corrected chi connectivity index (χ1v) is 11.2. The van der Waals surface area contributed by atoms with Crippen molar-refractivity contribution >= 4 is 0 Å². The molecule has 2 atom stereocenters. The first-order valence-electron chi connectivity index (χ1n) is 11.2. The normalized spacial score (nSPS) is 23.1. The topological polar surface area (TPSA) is 47.7 Å². The van der Waals surface area contributed by atoms with Crippen LogP contribution in [0.3, 0.4) is 0 Å². The monoisotopic (exact) mass is 398 g/mol. The van der Waals surface area contributed by atoms with Gasteiger partial charge in [0.1, 0.15) is 11.5 Å². The van der Waals surface area contributed by atoms with Crippen molar-refractivity contribution in [1.82, 2.24) is 9.88 Å². The van der Waals surface area contributed by atoms with Crippen LogP contribution in [-0.2, 0) is 9.47 Å². The maximum atomic E-state index is 6.33. The van der Waals surface area contributed by atoms with Gasteiger partial charge in [0.05, 0.1) is 25.4 Å². The number of oxazole rings is 1. The van der Waals surface area contributed by atoms with Crippen LogP contribution in [0.1, 0.15) is 69.6 Å². The van der Waals surface area contributed by atoms with Crippen molar-refractivity contribution in [3.8, 4) is 11.3 Å². The average molecular weight is 399 g/mol. The van der Waals surface area contributed by atoms with Crippen LogP contribution in [0.2, 0.25) is 0 Å². The number of benzene rings is 1. The molecule has 29 heavy (non-hydrogen) atoms. The van der Waals surface area contributed by atoms with E-state index in [-0.39, 0.29) is 12.1 Å². The molecular formula is C24H34N2O3. The fourth-order valence-corrected chi connectivity index (χ4v) is 4.39. The predicted octanol–water partition coefficient (Wildman–Crippen LogP) is 5.19. The number of hydrogen-bond acceptors (Lipinski definition) is 5. The molecule has 0 radical (unpaired) electrons. The van der Waals surface area contributed by atoms with Gasteiger partial charge in [0.25, 0.3) is 0 Å². The van der Waals surface area contributed by atoms with E-state index < -0.39 is 0 Å². The molecule has 0 spiro atoms. The minimum absolute atomic E-state index is 0.250. The molecule has 2 aromatic rings. The summed E-state index contributed by atoms with van der Waals surface area (Å²) in [7, 11) is 0. The van der Waals surface area contributed by atoms with Gasteiger partial charge in [-0.1, -0.05) is 44.2 Å². The van der Waals surface area contributed by atoms with Gasteiger partial charge in [-0.15, -0.1) is 0 Å². The third-order valence-electron chi connectivity index (χ3n) is 5.99. The first-order chi connectivity index (χ1) is 14.2. The van der Waals surface area contributed by atoms with Crippen LogP contribution in [0.15, 0.2) is 34.7 Å². The highest BCUT2D eigenvalue weighted by atomic mass is 16.5. The van der Waals surface area contributed by atoms with Crippen LogP contribution in [0, 0.1) is 0 Å². The van der Waals surface area contributed by atoms with Gasteiger partial charge in [0.2, 0.25) is 5.89 Å². The molecule has 0 unspecified atom stereocenters. The number of nitrogens with zero attached hydrogens (tertiary/aromatic N) is 2. The zero-order chi connectivity index (χ0) is 20.1. The second-order valence-corrected chi connectivity index (χ2v) is 8.54. The van der Waals surface area contributed by atoms with E-state index in [1.54, 1.807) is 0 Å². The lowest BCUT2D eigenvalue weighted by molar-refractivity contribution is -0.0440. The van der Waals surface area contributed by atoms with E-state index in [4.69, 9.17) is 18.9 Å². The Bertz CT molecular complexity index is 753. The zero-order valence-electron chi connectivity index (χ0n) is 17.8. The van der Waals surface area contributed by atoms with Crippen molar-refractivity contribution < 1.29 is 13.9 Å². The third-order valence-corrected chi connectivity index (χ3v) is 5.99. The lowest BCUT2D eigenvalue weighted by Crippen LogP contribution is -2.30. The standard InChI is InChI=1S/C24H34N2O3/c1-18(2)23-22(19-9-4-3-5-10-19)25-24(29-23)21-12-8-13-26(21)14-16-27-17-20-11-6-7-15-28-20/h3-5,9-10,18,20-21H,6-8,11-17H2,1-2H3/t20-,21-/m0/s1. The summed E-state index contributed by atoms with van der Waals surface area (Å²) in [6.45, 7) is 8.67. The van der Waals surface area contributed by atoms with Crippen LogP contribution in [0.25, 0.3) is 11.3 Å². The first kappa shape index (κ1) is 20.6. The largest absolute Gasteiger partial charge is 0.443 e. The van der Waals surface area contributed by atoms with E-state index in [0.29, 0.717) is 12.5 Å². The Balaban J connectivity index is 1.39. The third kappa shape index (κ3) is 5.08. The minimum atomic E-state index is 0.250. The van der Waals surface area contributed by atoms with E-state index in [2.05, 4.69) is 43.0 Å². The maximum absolute atomic E-state index is 6.33. The smallest absolute Gasteiger partial charge is 0.212 e. The number of hydrogen-bond donors (Lipinski definition) is 0. The molecule has 3 heterocycles. The fraction of sp³-hybridized carbons (Fsp3) is 0.625. The molecule has 1 aromatic carbocycles. The molecular weight excluding hydrogens is 364 g/mol. The molecule has 0 aliphatic carbocycles. The Kier molecular flexibility index (Phi) is 7.01. The Morgan fingerprint density at radius 2 is 2.00 bits per heavy atom. The number of rotatable bonds is 8. The summed E-state index contributed by atoms with van der Waals surface area (Å²) in [5, 5.41) is 0. The Morgan fingerprint density at radius 1 is 1.14 bits per heavy atom. The molecule has 2 aliphatic heterocycles. The zero-order valence-corrected chi connectivity index (χ0v) is 17.8. The molecule has 158 valence electrons. The molecule has 1 aromatic heterocycles. The van der Waals surface area contributed by atoms with E-state index >= 15 is 0 Å². The van der Waals surface area contributed by atoms with E-state index in [9.17, 15) is 0 Å². The lowest BCUT2D eigenvalue weighted by atomic mass is 10.0. The molecule has 2 saturated heterocycles. The molecule has 5 nitrogen and oxygen atoms in total. The van der Waals surface area contributed by atoms with Gasteiger partial charge in [0.15, 0.2) is 0 Å². The fourth-order valence-electron chi connectivity index (χ4n) is 4.39. The van der Waals surface area contributed by atoms with Crippen LogP contribution >= 0.6 is 0 Å². The SMILES string of the molecule is CC(C)c1oc([C@@H]2CCCN2CCOC[C@@H]2CCCCO2)nc1-c1ccccc1. The van der Waals surface area contributed by atoms with Crippen molar-refractivity contribution in [3.63, 3.8) is 0 Å². The number of aromatic nitrogens is 1. The second kappa shape index (κ2) is 9.88. The second-order valence-electron chi connectivity index (χ2n) is 8.54. The lowest BCUT2D eigenvalue weighted by Gasteiger charge is -2.24. The maximum Gasteiger partial charge on any atom is 0.212 e. The number of ether oxygens (including phenoxy) is 2. The van der Waals surface area contributed by atoms with Gasteiger partial charge < -0.3 is 13.9 Å². The van der Waals surface area contributed by atoms with Gasteiger partial charge in [-0.25, -0.2) is 4.98 Å². The highest BCUT2D eigenvalue weighted by molar-refractivity contribution is 5.61. The summed E-state index contributed by atoms with van der Waals surface area (Å²) in [4.78, 5) is 7.43. The van der Waals surface area contributed by atoms with Crippen molar-refractivity contribution in [2.24, 2.45) is 0 Å². The number of likely N-dealkylation sites (tertiary alicyclic amines) is 1. The van der Waals surface area contributed by atoms with E-state index in [1.807, 2.05) is 6.07 Å². The molecule has 5 heteroatoms. The minimum Gasteiger partial charge on any atom is -0.443 e. The van der Waals surface area contributed by atoms with Gasteiger partial charge in [-0.3, -0.25) is 4.90 Å². The van der Waals surface area contributed by atoms with Gasteiger partial charge in [0, 0.05) is 24.6 Å². The summed E-state index contributed by atoms with van der Waals surface area (Å²) in [5.41, 5.74) is 2.12. The van der Waals surface area contributed by atoms with Gasteiger partial charge in [-0.2, -0.15) is 0 Å². The molecule has 0 N–H and O–H groups in total. The van der Waals surface area contributed by atoms with E-state index in [1.165, 1.54) is 19.3 Å². The van der Waals surface area contributed by atoms with Crippen molar-refractivity contribution in [2.75, 3.05) is 32.9 Å². The Hall–Kier alpha value is -1.69. The van der Waals surface area contributed by atoms with E-state index in [0.717, 1.165) is 62.1 Å². The van der Waals surface area contributed by atoms with Crippen LogP contribution in [-0.4, -0.2) is 48.9 Å². The summed E-state index contributed by atoms with van der Waals surface area (Å²) >= 11 is 0. The molecule has 2 aliphatic rings.